The number of ether oxygens (including phenoxy) is 1. The fraction of sp³-hybridized carbons (Fsp3) is 0.312. The third-order valence-corrected chi connectivity index (χ3v) is 4.17. The number of carbonyl (C=O) groups excluding carboxylic acids is 2. The number of hydrogen-bond donors (Lipinski definition) is 1. The van der Waals surface area contributed by atoms with E-state index in [4.69, 9.17) is 4.74 Å². The van der Waals surface area contributed by atoms with Gasteiger partial charge in [0.15, 0.2) is 0 Å². The van der Waals surface area contributed by atoms with Gasteiger partial charge in [-0.1, -0.05) is 18.2 Å². The summed E-state index contributed by atoms with van der Waals surface area (Å²) in [5.74, 6) is -0.540. The predicted octanol–water partition coefficient (Wildman–Crippen LogP) is 3.12. The molecule has 6 heteroatoms. The number of benzene rings is 1. The van der Waals surface area contributed by atoms with Gasteiger partial charge in [-0.25, -0.2) is 9.78 Å². The van der Waals surface area contributed by atoms with Gasteiger partial charge in [-0.15, -0.1) is 11.3 Å². The molecular weight excluding hydrogens is 300 g/mol. The molecular formula is C16H18N2O3S. The van der Waals surface area contributed by atoms with E-state index < -0.39 is 0 Å². The quantitative estimate of drug-likeness (QED) is 0.860. The zero-order valence-corrected chi connectivity index (χ0v) is 13.6. The van der Waals surface area contributed by atoms with Gasteiger partial charge >= 0.3 is 5.97 Å². The minimum absolute atomic E-state index is 0.138. The van der Waals surface area contributed by atoms with Crippen LogP contribution in [0.3, 0.4) is 0 Å². The molecule has 0 unspecified atom stereocenters. The molecule has 0 aliphatic heterocycles. The summed E-state index contributed by atoms with van der Waals surface area (Å²) in [4.78, 5) is 28.6. The molecule has 1 heterocycles. The van der Waals surface area contributed by atoms with E-state index in [-0.39, 0.29) is 18.3 Å². The monoisotopic (exact) mass is 318 g/mol. The number of rotatable bonds is 5. The minimum Gasteiger partial charge on any atom is -0.462 e. The van der Waals surface area contributed by atoms with Crippen LogP contribution in [0.25, 0.3) is 0 Å². The van der Waals surface area contributed by atoms with Crippen LogP contribution in [-0.2, 0) is 16.0 Å². The van der Waals surface area contributed by atoms with E-state index in [9.17, 15) is 9.59 Å². The molecule has 5 nitrogen and oxygen atoms in total. The number of para-hydroxylation sites is 1. The first-order chi connectivity index (χ1) is 10.5. The van der Waals surface area contributed by atoms with Crippen LogP contribution in [0.2, 0.25) is 0 Å². The maximum Gasteiger partial charge on any atom is 0.350 e. The second-order valence-corrected chi connectivity index (χ2v) is 5.87. The highest BCUT2D eigenvalue weighted by molar-refractivity contribution is 7.13. The number of nitrogens with one attached hydrogen (secondary N) is 1. The number of carbonyl (C=O) groups is 2. The van der Waals surface area contributed by atoms with E-state index >= 15 is 0 Å². The largest absolute Gasteiger partial charge is 0.462 e. The Hall–Kier alpha value is -2.21. The molecule has 0 aliphatic rings. The molecule has 116 valence electrons. The summed E-state index contributed by atoms with van der Waals surface area (Å²) in [7, 11) is 0. The standard InChI is InChI=1S/C16H18N2O3S/c1-4-21-16(20)15-11(3)17-14(22-15)9-13(19)18-12-8-6-5-7-10(12)2/h5-8H,4,9H2,1-3H3,(H,18,19). The van der Waals surface area contributed by atoms with Crippen LogP contribution < -0.4 is 5.32 Å². The molecule has 0 saturated heterocycles. The molecule has 0 saturated carbocycles. The Morgan fingerprint density at radius 2 is 2.00 bits per heavy atom. The summed E-state index contributed by atoms with van der Waals surface area (Å²) in [6.45, 7) is 5.75. The van der Waals surface area contributed by atoms with Gasteiger partial charge in [-0.3, -0.25) is 4.79 Å². The van der Waals surface area contributed by atoms with Crippen molar-refractivity contribution < 1.29 is 14.3 Å². The number of thiazole rings is 1. The Morgan fingerprint density at radius 3 is 2.68 bits per heavy atom. The Kier molecular flexibility index (Phi) is 5.27. The van der Waals surface area contributed by atoms with Gasteiger partial charge in [0, 0.05) is 5.69 Å². The number of aromatic nitrogens is 1. The lowest BCUT2D eigenvalue weighted by molar-refractivity contribution is -0.115. The van der Waals surface area contributed by atoms with Gasteiger partial charge in [0.25, 0.3) is 0 Å². The van der Waals surface area contributed by atoms with Crippen molar-refractivity contribution in [3.63, 3.8) is 0 Å². The predicted molar refractivity (Wildman–Crippen MR) is 86.3 cm³/mol. The zero-order chi connectivity index (χ0) is 16.1. The van der Waals surface area contributed by atoms with Crippen LogP contribution in [0.5, 0.6) is 0 Å². The summed E-state index contributed by atoms with van der Waals surface area (Å²) in [5.41, 5.74) is 2.38. The van der Waals surface area contributed by atoms with Crippen molar-refractivity contribution in [1.29, 1.82) is 0 Å². The number of amides is 1. The van der Waals surface area contributed by atoms with E-state index in [0.717, 1.165) is 11.3 Å². The second-order valence-electron chi connectivity index (χ2n) is 4.78. The molecule has 0 radical (unpaired) electrons. The lowest BCUT2D eigenvalue weighted by Crippen LogP contribution is -2.14. The number of hydrogen-bond acceptors (Lipinski definition) is 5. The molecule has 0 fully saturated rings. The molecule has 0 aliphatic carbocycles. The van der Waals surface area contributed by atoms with Crippen LogP contribution in [0.15, 0.2) is 24.3 Å². The molecule has 2 aromatic rings. The smallest absolute Gasteiger partial charge is 0.350 e. The first-order valence-electron chi connectivity index (χ1n) is 7.00. The van der Waals surface area contributed by atoms with Crippen molar-refractivity contribution in [1.82, 2.24) is 4.98 Å². The van der Waals surface area contributed by atoms with Crippen molar-refractivity contribution in [2.45, 2.75) is 27.2 Å². The molecule has 1 N–H and O–H groups in total. The van der Waals surface area contributed by atoms with E-state index in [1.165, 1.54) is 11.3 Å². The van der Waals surface area contributed by atoms with E-state index in [1.54, 1.807) is 13.8 Å². The van der Waals surface area contributed by atoms with Gasteiger partial charge in [-0.05, 0) is 32.4 Å². The fourth-order valence-corrected chi connectivity index (χ4v) is 2.92. The summed E-state index contributed by atoms with van der Waals surface area (Å²) in [6, 6.07) is 7.57. The number of nitrogens with zero attached hydrogens (tertiary/aromatic N) is 1. The molecule has 0 bridgehead atoms. The van der Waals surface area contributed by atoms with Crippen molar-refractivity contribution >= 4 is 28.9 Å². The van der Waals surface area contributed by atoms with Gasteiger partial charge in [0.2, 0.25) is 5.91 Å². The van der Waals surface area contributed by atoms with Gasteiger partial charge in [0.05, 0.1) is 18.7 Å². The SMILES string of the molecule is CCOC(=O)c1sc(CC(=O)Nc2ccccc2C)nc1C. The van der Waals surface area contributed by atoms with E-state index in [0.29, 0.717) is 22.2 Å². The molecule has 22 heavy (non-hydrogen) atoms. The summed E-state index contributed by atoms with van der Waals surface area (Å²) in [6.07, 6.45) is 0.138. The number of anilines is 1. The number of esters is 1. The highest BCUT2D eigenvalue weighted by atomic mass is 32.1. The first-order valence-corrected chi connectivity index (χ1v) is 7.81. The minimum atomic E-state index is -0.386. The normalized spacial score (nSPS) is 10.3. The Bertz CT molecular complexity index is 694. The van der Waals surface area contributed by atoms with E-state index in [1.807, 2.05) is 31.2 Å². The average Bonchev–Trinajstić information content (AvgIpc) is 2.82. The van der Waals surface area contributed by atoms with Crippen LogP contribution in [-0.4, -0.2) is 23.5 Å². The average molecular weight is 318 g/mol. The topological polar surface area (TPSA) is 68.3 Å². The molecule has 1 amide bonds. The molecule has 2 rings (SSSR count). The Balaban J connectivity index is 2.05. The lowest BCUT2D eigenvalue weighted by atomic mass is 10.2. The Morgan fingerprint density at radius 1 is 1.27 bits per heavy atom. The third kappa shape index (κ3) is 3.92. The zero-order valence-electron chi connectivity index (χ0n) is 12.8. The van der Waals surface area contributed by atoms with Crippen LogP contribution in [0.1, 0.15) is 32.9 Å². The van der Waals surface area contributed by atoms with Crippen LogP contribution in [0, 0.1) is 13.8 Å². The Labute approximate surface area is 133 Å². The van der Waals surface area contributed by atoms with Crippen LogP contribution >= 0.6 is 11.3 Å². The van der Waals surface area contributed by atoms with Gasteiger partial charge < -0.3 is 10.1 Å². The van der Waals surface area contributed by atoms with Crippen molar-refractivity contribution in [2.75, 3.05) is 11.9 Å². The molecule has 0 atom stereocenters. The second kappa shape index (κ2) is 7.17. The lowest BCUT2D eigenvalue weighted by Gasteiger charge is -2.06. The fourth-order valence-electron chi connectivity index (χ4n) is 1.96. The van der Waals surface area contributed by atoms with Gasteiger partial charge in [-0.2, -0.15) is 0 Å². The third-order valence-electron chi connectivity index (χ3n) is 3.03. The summed E-state index contributed by atoms with van der Waals surface area (Å²) >= 11 is 1.20. The maximum absolute atomic E-state index is 12.1. The highest BCUT2D eigenvalue weighted by Gasteiger charge is 2.18. The highest BCUT2D eigenvalue weighted by Crippen LogP contribution is 2.20. The van der Waals surface area contributed by atoms with Crippen molar-refractivity contribution in [3.05, 3.63) is 45.4 Å². The first kappa shape index (κ1) is 16.2. The van der Waals surface area contributed by atoms with Crippen molar-refractivity contribution in [3.8, 4) is 0 Å². The molecule has 1 aromatic carbocycles. The number of aryl methyl sites for hydroxylation is 2. The van der Waals surface area contributed by atoms with Gasteiger partial charge in [0.1, 0.15) is 9.88 Å². The summed E-state index contributed by atoms with van der Waals surface area (Å²) < 4.78 is 4.97. The van der Waals surface area contributed by atoms with Crippen LogP contribution in [0.4, 0.5) is 5.69 Å². The van der Waals surface area contributed by atoms with E-state index in [2.05, 4.69) is 10.3 Å². The summed E-state index contributed by atoms with van der Waals surface area (Å²) in [5, 5.41) is 3.46. The maximum atomic E-state index is 12.1. The van der Waals surface area contributed by atoms with Crippen molar-refractivity contribution in [2.24, 2.45) is 0 Å². The molecule has 1 aromatic heterocycles. The molecule has 0 spiro atoms.